The first-order valence-electron chi connectivity index (χ1n) is 5.53. The van der Waals surface area contributed by atoms with Gasteiger partial charge in [0.25, 0.3) is 0 Å². The minimum absolute atomic E-state index is 0. The van der Waals surface area contributed by atoms with Gasteiger partial charge in [0.05, 0.1) is 12.7 Å². The van der Waals surface area contributed by atoms with Gasteiger partial charge in [-0.1, -0.05) is 6.08 Å². The summed E-state index contributed by atoms with van der Waals surface area (Å²) in [6.07, 6.45) is -4.04. The van der Waals surface area contributed by atoms with Crippen LogP contribution >= 0.6 is 0 Å². The molecular formula is C10H17NaO8S. The van der Waals surface area contributed by atoms with Crippen LogP contribution in [0.3, 0.4) is 0 Å². The van der Waals surface area contributed by atoms with E-state index >= 15 is 0 Å². The molecule has 20 heavy (non-hydrogen) atoms. The van der Waals surface area contributed by atoms with Crippen molar-refractivity contribution in [2.24, 2.45) is 0 Å². The van der Waals surface area contributed by atoms with Gasteiger partial charge in [-0.3, -0.25) is 4.18 Å². The topological polar surface area (TPSA) is 114 Å². The first-order chi connectivity index (χ1) is 8.80. The molecule has 1 aliphatic heterocycles. The fourth-order valence-corrected chi connectivity index (χ4v) is 2.31. The van der Waals surface area contributed by atoms with Crippen LogP contribution in [-0.2, 0) is 28.8 Å². The summed E-state index contributed by atoms with van der Waals surface area (Å²) in [6.45, 7) is 5.20. The van der Waals surface area contributed by atoms with Crippen molar-refractivity contribution in [1.29, 1.82) is 0 Å². The molecule has 0 saturated carbocycles. The standard InChI is InChI=1S/C10H18O8S.Na/c1-4-5-16-8-6(2)17-10(15-3)9(7(8)11)18-19(12,13)14;/h4,6-11H,1,5H2,2-3H3,(H,12,13,14);/q;+1/p-1/t6-,7+,8-,9+,10+;/m0./s1. The third-order valence-corrected chi connectivity index (χ3v) is 3.08. The van der Waals surface area contributed by atoms with E-state index in [2.05, 4.69) is 10.8 Å². The van der Waals surface area contributed by atoms with Crippen molar-refractivity contribution in [3.05, 3.63) is 12.7 Å². The largest absolute Gasteiger partial charge is 1.00 e. The van der Waals surface area contributed by atoms with E-state index in [1.807, 2.05) is 0 Å². The number of aliphatic hydroxyl groups excluding tert-OH is 1. The molecule has 0 bridgehead atoms. The summed E-state index contributed by atoms with van der Waals surface area (Å²) in [5, 5.41) is 10.0. The Kier molecular flexibility index (Phi) is 8.98. The molecule has 0 aromatic rings. The maximum absolute atomic E-state index is 10.7. The zero-order valence-electron chi connectivity index (χ0n) is 11.6. The van der Waals surface area contributed by atoms with Crippen LogP contribution in [0.15, 0.2) is 12.7 Å². The van der Waals surface area contributed by atoms with Crippen LogP contribution in [0.1, 0.15) is 6.92 Å². The van der Waals surface area contributed by atoms with Crippen molar-refractivity contribution in [2.45, 2.75) is 37.6 Å². The summed E-state index contributed by atoms with van der Waals surface area (Å²) in [6, 6.07) is 0. The Morgan fingerprint density at radius 2 is 2.05 bits per heavy atom. The van der Waals surface area contributed by atoms with Crippen LogP contribution in [0.4, 0.5) is 0 Å². The predicted molar refractivity (Wildman–Crippen MR) is 61.9 cm³/mol. The van der Waals surface area contributed by atoms with E-state index in [0.717, 1.165) is 0 Å². The van der Waals surface area contributed by atoms with E-state index < -0.39 is 41.1 Å². The smallest absolute Gasteiger partial charge is 0.726 e. The average Bonchev–Trinajstić information content (AvgIpc) is 2.31. The number of hydrogen-bond donors (Lipinski definition) is 1. The monoisotopic (exact) mass is 320 g/mol. The van der Waals surface area contributed by atoms with Gasteiger partial charge in [0.2, 0.25) is 10.4 Å². The average molecular weight is 320 g/mol. The van der Waals surface area contributed by atoms with E-state index in [0.29, 0.717) is 0 Å². The zero-order valence-corrected chi connectivity index (χ0v) is 14.4. The normalized spacial score (nSPS) is 34.3. The molecule has 0 aromatic carbocycles. The van der Waals surface area contributed by atoms with Crippen molar-refractivity contribution in [1.82, 2.24) is 0 Å². The molecule has 10 heteroatoms. The number of aliphatic hydroxyl groups is 1. The first kappa shape index (κ1) is 20.5. The number of methoxy groups -OCH3 is 1. The Bertz CT molecular complexity index is 400. The van der Waals surface area contributed by atoms with Crippen LogP contribution in [0.2, 0.25) is 0 Å². The minimum Gasteiger partial charge on any atom is -0.726 e. The van der Waals surface area contributed by atoms with Crippen molar-refractivity contribution >= 4 is 10.4 Å². The van der Waals surface area contributed by atoms with Gasteiger partial charge in [-0.05, 0) is 6.92 Å². The van der Waals surface area contributed by atoms with Crippen LogP contribution in [0.5, 0.6) is 0 Å². The molecule has 0 aliphatic carbocycles. The second-order valence-electron chi connectivity index (χ2n) is 3.99. The Morgan fingerprint density at radius 1 is 1.45 bits per heavy atom. The molecule has 112 valence electrons. The molecule has 1 rings (SSSR count). The number of rotatable bonds is 6. The van der Waals surface area contributed by atoms with Crippen LogP contribution in [-0.4, -0.2) is 62.5 Å². The third kappa shape index (κ3) is 5.68. The SMILES string of the molecule is C=CCO[C@@H]1[C@@H](O)[C@@H](OS(=O)(=O)[O-])[C@H](OC)O[C@H]1C.[Na+]. The van der Waals surface area contributed by atoms with E-state index in [4.69, 9.17) is 14.2 Å². The molecule has 0 unspecified atom stereocenters. The summed E-state index contributed by atoms with van der Waals surface area (Å²) in [5.74, 6) is 0. The number of hydrogen-bond acceptors (Lipinski definition) is 8. The third-order valence-electron chi connectivity index (χ3n) is 2.62. The van der Waals surface area contributed by atoms with Crippen molar-refractivity contribution in [2.75, 3.05) is 13.7 Å². The maximum atomic E-state index is 10.7. The maximum Gasteiger partial charge on any atom is 1.00 e. The van der Waals surface area contributed by atoms with E-state index in [9.17, 15) is 18.1 Å². The summed E-state index contributed by atoms with van der Waals surface area (Å²) < 4.78 is 51.6. The minimum atomic E-state index is -5.01. The summed E-state index contributed by atoms with van der Waals surface area (Å²) in [5.41, 5.74) is 0. The van der Waals surface area contributed by atoms with Gasteiger partial charge in [-0.2, -0.15) is 0 Å². The number of ether oxygens (including phenoxy) is 3. The summed E-state index contributed by atoms with van der Waals surface area (Å²) in [4.78, 5) is 0. The molecule has 1 N–H and O–H groups in total. The van der Waals surface area contributed by atoms with Gasteiger partial charge >= 0.3 is 29.6 Å². The molecule has 1 saturated heterocycles. The molecule has 0 amide bonds. The van der Waals surface area contributed by atoms with Gasteiger partial charge in [0.1, 0.15) is 12.2 Å². The molecule has 8 nitrogen and oxygen atoms in total. The molecule has 0 spiro atoms. The van der Waals surface area contributed by atoms with Crippen LogP contribution < -0.4 is 29.6 Å². The molecular weight excluding hydrogens is 303 g/mol. The van der Waals surface area contributed by atoms with Gasteiger partial charge in [0.15, 0.2) is 12.4 Å². The van der Waals surface area contributed by atoms with Crippen LogP contribution in [0, 0.1) is 0 Å². The fourth-order valence-electron chi connectivity index (χ4n) is 1.83. The Balaban J connectivity index is 0.00000361. The first-order valence-corrected chi connectivity index (χ1v) is 6.86. The summed E-state index contributed by atoms with van der Waals surface area (Å²) in [7, 11) is -3.77. The Morgan fingerprint density at radius 3 is 2.50 bits per heavy atom. The van der Waals surface area contributed by atoms with E-state index in [1.54, 1.807) is 6.92 Å². The Hall–Kier alpha value is 0.450. The molecule has 0 radical (unpaired) electrons. The second-order valence-corrected chi connectivity index (χ2v) is 5.00. The predicted octanol–water partition coefficient (Wildman–Crippen LogP) is -3.84. The molecule has 5 atom stereocenters. The van der Waals surface area contributed by atoms with Gasteiger partial charge < -0.3 is 23.9 Å². The van der Waals surface area contributed by atoms with E-state index in [-0.39, 0.29) is 36.2 Å². The molecule has 1 fully saturated rings. The molecule has 1 aliphatic rings. The van der Waals surface area contributed by atoms with Gasteiger partial charge in [-0.25, -0.2) is 8.42 Å². The second kappa shape index (κ2) is 8.79. The quantitative estimate of drug-likeness (QED) is 0.229. The van der Waals surface area contributed by atoms with Crippen molar-refractivity contribution < 1.29 is 66.0 Å². The zero-order chi connectivity index (χ0) is 14.6. The van der Waals surface area contributed by atoms with Crippen molar-refractivity contribution in [3.8, 4) is 0 Å². The summed E-state index contributed by atoms with van der Waals surface area (Å²) >= 11 is 0. The van der Waals surface area contributed by atoms with Crippen molar-refractivity contribution in [3.63, 3.8) is 0 Å². The van der Waals surface area contributed by atoms with E-state index in [1.165, 1.54) is 13.2 Å². The Labute approximate surface area is 140 Å². The van der Waals surface area contributed by atoms with Gasteiger partial charge in [-0.15, -0.1) is 6.58 Å². The van der Waals surface area contributed by atoms with Gasteiger partial charge in [0, 0.05) is 7.11 Å². The molecule has 0 aromatic heterocycles. The fraction of sp³-hybridized carbons (Fsp3) is 0.800. The molecule has 1 heterocycles. The van der Waals surface area contributed by atoms with Crippen LogP contribution in [0.25, 0.3) is 0 Å².